The van der Waals surface area contributed by atoms with Crippen LogP contribution in [0.5, 0.6) is 5.75 Å². The highest BCUT2D eigenvalue weighted by atomic mass is 16.5. The van der Waals surface area contributed by atoms with Crippen LogP contribution in [0.2, 0.25) is 0 Å². The molecule has 0 spiro atoms. The fourth-order valence-electron chi connectivity index (χ4n) is 4.41. The molecule has 0 radical (unpaired) electrons. The Balaban J connectivity index is 1.41. The van der Waals surface area contributed by atoms with E-state index in [1.807, 2.05) is 23.1 Å². The van der Waals surface area contributed by atoms with Gasteiger partial charge >= 0.3 is 0 Å². The van der Waals surface area contributed by atoms with Crippen LogP contribution < -0.4 is 4.74 Å². The maximum absolute atomic E-state index is 13.2. The molecule has 6 heteroatoms. The van der Waals surface area contributed by atoms with Crippen molar-refractivity contribution in [3.8, 4) is 5.75 Å². The summed E-state index contributed by atoms with van der Waals surface area (Å²) >= 11 is 0. The summed E-state index contributed by atoms with van der Waals surface area (Å²) in [5.74, 6) is 2.19. The topological polar surface area (TPSA) is 58.8 Å². The minimum absolute atomic E-state index is 0.00648. The summed E-state index contributed by atoms with van der Waals surface area (Å²) in [4.78, 5) is 21.6. The third-order valence-electron chi connectivity index (χ3n) is 5.96. The Morgan fingerprint density at radius 1 is 1.20 bits per heavy atom. The number of carbonyl (C=O) groups excluding carboxylic acids is 1. The summed E-state index contributed by atoms with van der Waals surface area (Å²) in [5, 5.41) is 0. The normalized spacial score (nSPS) is 18.7. The van der Waals surface area contributed by atoms with E-state index in [2.05, 4.69) is 30.7 Å². The van der Waals surface area contributed by atoms with Gasteiger partial charge in [-0.05, 0) is 44.1 Å². The molecule has 0 unspecified atom stereocenters. The van der Waals surface area contributed by atoms with Crippen molar-refractivity contribution < 1.29 is 13.9 Å². The first-order valence-corrected chi connectivity index (χ1v) is 11.1. The Morgan fingerprint density at radius 3 is 2.57 bits per heavy atom. The molecule has 2 aromatic heterocycles. The first-order valence-electron chi connectivity index (χ1n) is 11.1. The quantitative estimate of drug-likeness (QED) is 0.736. The van der Waals surface area contributed by atoms with E-state index in [-0.39, 0.29) is 17.4 Å². The molecule has 2 aromatic rings. The van der Waals surface area contributed by atoms with Gasteiger partial charge in [0.15, 0.2) is 5.76 Å². The number of aromatic nitrogens is 1. The lowest BCUT2D eigenvalue weighted by molar-refractivity contribution is 0.0563. The van der Waals surface area contributed by atoms with Crippen LogP contribution in [0.25, 0.3) is 0 Å². The minimum atomic E-state index is -0.127. The van der Waals surface area contributed by atoms with Crippen molar-refractivity contribution >= 4 is 5.91 Å². The Kier molecular flexibility index (Phi) is 6.14. The molecule has 0 bridgehead atoms. The SMILES string of the molecule is CC(C)(C)c1oc(C(=O)N2CCC(Oc3cccnc3)CC2)cc1CN1CCCC1. The van der Waals surface area contributed by atoms with Crippen LogP contribution >= 0.6 is 0 Å². The van der Waals surface area contributed by atoms with Gasteiger partial charge in [0.2, 0.25) is 0 Å². The van der Waals surface area contributed by atoms with Crippen LogP contribution in [0.3, 0.4) is 0 Å². The second kappa shape index (κ2) is 8.80. The van der Waals surface area contributed by atoms with Gasteiger partial charge in [0.05, 0.1) is 6.20 Å². The molecule has 0 N–H and O–H groups in total. The number of likely N-dealkylation sites (tertiary alicyclic amines) is 2. The molecular formula is C24H33N3O3. The predicted molar refractivity (Wildman–Crippen MR) is 116 cm³/mol. The maximum Gasteiger partial charge on any atom is 0.289 e. The molecule has 1 amide bonds. The summed E-state index contributed by atoms with van der Waals surface area (Å²) in [5.41, 5.74) is 1.03. The number of furan rings is 1. The maximum atomic E-state index is 13.2. The predicted octanol–water partition coefficient (Wildman–Crippen LogP) is 4.25. The zero-order valence-electron chi connectivity index (χ0n) is 18.4. The monoisotopic (exact) mass is 411 g/mol. The molecule has 2 aliphatic rings. The molecular weight excluding hydrogens is 378 g/mol. The highest BCUT2D eigenvalue weighted by Gasteiger charge is 2.31. The van der Waals surface area contributed by atoms with E-state index in [9.17, 15) is 4.79 Å². The van der Waals surface area contributed by atoms with E-state index in [1.54, 1.807) is 12.4 Å². The number of hydrogen-bond donors (Lipinski definition) is 0. The van der Waals surface area contributed by atoms with E-state index in [4.69, 9.17) is 9.15 Å². The lowest BCUT2D eigenvalue weighted by Crippen LogP contribution is -2.41. The van der Waals surface area contributed by atoms with Crippen LogP contribution in [0.15, 0.2) is 35.0 Å². The lowest BCUT2D eigenvalue weighted by atomic mass is 9.90. The van der Waals surface area contributed by atoms with Crippen LogP contribution in [-0.4, -0.2) is 53.0 Å². The number of piperidine rings is 1. The highest BCUT2D eigenvalue weighted by molar-refractivity contribution is 5.92. The Labute approximate surface area is 179 Å². The lowest BCUT2D eigenvalue weighted by Gasteiger charge is -2.31. The number of amides is 1. The summed E-state index contributed by atoms with van der Waals surface area (Å²) in [7, 11) is 0. The summed E-state index contributed by atoms with van der Waals surface area (Å²) in [6.45, 7) is 10.9. The first kappa shape index (κ1) is 20.9. The Morgan fingerprint density at radius 2 is 1.93 bits per heavy atom. The smallest absolute Gasteiger partial charge is 0.289 e. The second-order valence-corrected chi connectivity index (χ2v) is 9.50. The molecule has 0 aliphatic carbocycles. The van der Waals surface area contributed by atoms with E-state index < -0.39 is 0 Å². The van der Waals surface area contributed by atoms with Gasteiger partial charge in [-0.15, -0.1) is 0 Å². The number of nitrogens with zero attached hydrogens (tertiary/aromatic N) is 3. The van der Waals surface area contributed by atoms with Gasteiger partial charge in [0.1, 0.15) is 17.6 Å². The van der Waals surface area contributed by atoms with Crippen LogP contribution in [0, 0.1) is 0 Å². The van der Waals surface area contributed by atoms with Gasteiger partial charge in [0, 0.05) is 49.7 Å². The van der Waals surface area contributed by atoms with E-state index in [0.29, 0.717) is 18.8 Å². The molecule has 0 atom stereocenters. The fraction of sp³-hybridized carbons (Fsp3) is 0.583. The third kappa shape index (κ3) is 4.86. The molecule has 0 aromatic carbocycles. The average molecular weight is 412 g/mol. The fourth-order valence-corrected chi connectivity index (χ4v) is 4.41. The summed E-state index contributed by atoms with van der Waals surface area (Å²) in [6.07, 6.45) is 7.72. The zero-order chi connectivity index (χ0) is 21.1. The van der Waals surface area contributed by atoms with Gasteiger partial charge < -0.3 is 14.1 Å². The number of pyridine rings is 1. The third-order valence-corrected chi connectivity index (χ3v) is 5.96. The van der Waals surface area contributed by atoms with Crippen molar-refractivity contribution in [3.05, 3.63) is 47.7 Å². The van der Waals surface area contributed by atoms with Crippen molar-refractivity contribution in [2.75, 3.05) is 26.2 Å². The summed E-state index contributed by atoms with van der Waals surface area (Å²) in [6, 6.07) is 5.78. The number of carbonyl (C=O) groups is 1. The second-order valence-electron chi connectivity index (χ2n) is 9.50. The van der Waals surface area contributed by atoms with Crippen LogP contribution in [-0.2, 0) is 12.0 Å². The average Bonchev–Trinajstić information content (AvgIpc) is 3.39. The molecule has 4 heterocycles. The van der Waals surface area contributed by atoms with Gasteiger partial charge in [-0.25, -0.2) is 0 Å². The van der Waals surface area contributed by atoms with Gasteiger partial charge in [-0.3, -0.25) is 14.7 Å². The first-order chi connectivity index (χ1) is 14.4. The van der Waals surface area contributed by atoms with E-state index in [1.165, 1.54) is 12.8 Å². The molecule has 2 fully saturated rings. The molecule has 4 rings (SSSR count). The molecule has 162 valence electrons. The molecule has 30 heavy (non-hydrogen) atoms. The van der Waals surface area contributed by atoms with E-state index >= 15 is 0 Å². The van der Waals surface area contributed by atoms with Crippen molar-refractivity contribution in [1.29, 1.82) is 0 Å². The van der Waals surface area contributed by atoms with Crippen LogP contribution in [0.1, 0.15) is 68.3 Å². The van der Waals surface area contributed by atoms with E-state index in [0.717, 1.165) is 49.5 Å². The van der Waals surface area contributed by atoms with Crippen molar-refractivity contribution in [3.63, 3.8) is 0 Å². The summed E-state index contributed by atoms with van der Waals surface area (Å²) < 4.78 is 12.2. The molecule has 0 saturated carbocycles. The molecule has 6 nitrogen and oxygen atoms in total. The van der Waals surface area contributed by atoms with Gasteiger partial charge in [-0.1, -0.05) is 20.8 Å². The number of rotatable bonds is 5. The van der Waals surface area contributed by atoms with Crippen molar-refractivity contribution in [2.45, 2.75) is 64.5 Å². The molecule has 2 aliphatic heterocycles. The largest absolute Gasteiger partial charge is 0.489 e. The number of hydrogen-bond acceptors (Lipinski definition) is 5. The zero-order valence-corrected chi connectivity index (χ0v) is 18.4. The van der Waals surface area contributed by atoms with Crippen LogP contribution in [0.4, 0.5) is 0 Å². The van der Waals surface area contributed by atoms with Gasteiger partial charge in [0.25, 0.3) is 5.91 Å². The van der Waals surface area contributed by atoms with Crippen molar-refractivity contribution in [1.82, 2.24) is 14.8 Å². The van der Waals surface area contributed by atoms with Crippen molar-refractivity contribution in [2.24, 2.45) is 0 Å². The molecule has 2 saturated heterocycles. The minimum Gasteiger partial charge on any atom is -0.489 e. The standard InChI is InChI=1S/C24H33N3O3/c1-24(2,3)22-18(17-26-11-4-5-12-26)15-21(30-22)23(28)27-13-8-19(9-14-27)29-20-7-6-10-25-16-20/h6-7,10,15-16,19H,4-5,8-9,11-14,17H2,1-3H3. The Hall–Kier alpha value is -2.34. The highest BCUT2D eigenvalue weighted by Crippen LogP contribution is 2.31. The Bertz CT molecular complexity index is 842. The van der Waals surface area contributed by atoms with Gasteiger partial charge in [-0.2, -0.15) is 0 Å². The number of ether oxygens (including phenoxy) is 1.